The third kappa shape index (κ3) is 3.78. The summed E-state index contributed by atoms with van der Waals surface area (Å²) in [7, 11) is 1.91. The molecule has 4 unspecified atom stereocenters. The summed E-state index contributed by atoms with van der Waals surface area (Å²) in [4.78, 5) is 14.5. The van der Waals surface area contributed by atoms with E-state index >= 15 is 0 Å². The highest BCUT2D eigenvalue weighted by Gasteiger charge is 2.32. The van der Waals surface area contributed by atoms with Crippen molar-refractivity contribution in [3.8, 4) is 0 Å². The Balaban J connectivity index is 2.02. The summed E-state index contributed by atoms with van der Waals surface area (Å²) in [5.41, 5.74) is 7.12. The van der Waals surface area contributed by atoms with Gasteiger partial charge in [-0.15, -0.1) is 0 Å². The number of carbonyl (C=O) groups excluding carboxylic acids is 1. The van der Waals surface area contributed by atoms with Crippen LogP contribution in [0.25, 0.3) is 0 Å². The molecule has 4 atom stereocenters. The van der Waals surface area contributed by atoms with E-state index in [4.69, 9.17) is 17.3 Å². The van der Waals surface area contributed by atoms with Gasteiger partial charge in [0.2, 0.25) is 5.91 Å². The summed E-state index contributed by atoms with van der Waals surface area (Å²) >= 11 is 5.93. The molecule has 4 heteroatoms. The summed E-state index contributed by atoms with van der Waals surface area (Å²) in [5.74, 6) is 0.604. The summed E-state index contributed by atoms with van der Waals surface area (Å²) in [5, 5.41) is 0.739. The number of benzene rings is 1. The Morgan fingerprint density at radius 3 is 2.43 bits per heavy atom. The summed E-state index contributed by atoms with van der Waals surface area (Å²) in [6.07, 6.45) is 2.71. The minimum atomic E-state index is 0.102. The van der Waals surface area contributed by atoms with Gasteiger partial charge in [0, 0.05) is 36.0 Å². The van der Waals surface area contributed by atoms with Crippen molar-refractivity contribution in [3.63, 3.8) is 0 Å². The molecule has 1 aliphatic carbocycles. The third-order valence-electron chi connectivity index (χ3n) is 4.90. The molecule has 1 fully saturated rings. The Labute approximate surface area is 132 Å². The van der Waals surface area contributed by atoms with Crippen LogP contribution in [-0.4, -0.2) is 29.9 Å². The van der Waals surface area contributed by atoms with E-state index in [1.807, 2.05) is 36.2 Å². The molecule has 0 heterocycles. The van der Waals surface area contributed by atoms with Crippen molar-refractivity contribution in [1.29, 1.82) is 0 Å². The molecule has 116 valence electrons. The molecule has 0 spiro atoms. The van der Waals surface area contributed by atoms with Gasteiger partial charge in [0.15, 0.2) is 0 Å². The predicted octanol–water partition coefficient (Wildman–Crippen LogP) is 3.42. The van der Waals surface area contributed by atoms with Crippen molar-refractivity contribution in [3.05, 3.63) is 34.9 Å². The van der Waals surface area contributed by atoms with Gasteiger partial charge in [0.1, 0.15) is 0 Å². The molecule has 2 rings (SSSR count). The molecular formula is C17H25ClN2O. The van der Waals surface area contributed by atoms with Gasteiger partial charge < -0.3 is 10.6 Å². The second kappa shape index (κ2) is 6.80. The smallest absolute Gasteiger partial charge is 0.225 e. The average Bonchev–Trinajstić information content (AvgIpc) is 2.91. The molecule has 0 aliphatic heterocycles. The van der Waals surface area contributed by atoms with E-state index in [-0.39, 0.29) is 29.8 Å². The van der Waals surface area contributed by atoms with Gasteiger partial charge in [-0.2, -0.15) is 0 Å². The van der Waals surface area contributed by atoms with Crippen LogP contribution in [0, 0.1) is 5.92 Å². The molecule has 2 N–H and O–H groups in total. The molecule has 21 heavy (non-hydrogen) atoms. The van der Waals surface area contributed by atoms with Crippen LogP contribution in [0.15, 0.2) is 24.3 Å². The highest BCUT2D eigenvalue weighted by atomic mass is 35.5. The SMILES string of the molecule is CC(c1ccc(Cl)cc1)C(C)N(C)C(=O)C1CCC(N)C1. The maximum atomic E-state index is 12.6. The maximum absolute atomic E-state index is 12.6. The van der Waals surface area contributed by atoms with E-state index in [9.17, 15) is 4.79 Å². The number of rotatable bonds is 4. The molecular weight excluding hydrogens is 284 g/mol. The van der Waals surface area contributed by atoms with E-state index in [0.717, 1.165) is 24.3 Å². The lowest BCUT2D eigenvalue weighted by Crippen LogP contribution is -2.41. The van der Waals surface area contributed by atoms with E-state index in [2.05, 4.69) is 13.8 Å². The summed E-state index contributed by atoms with van der Waals surface area (Å²) in [6.45, 7) is 4.25. The first-order valence-corrected chi connectivity index (χ1v) is 8.05. The molecule has 1 aromatic carbocycles. The lowest BCUT2D eigenvalue weighted by Gasteiger charge is -2.32. The van der Waals surface area contributed by atoms with Crippen LogP contribution in [0.4, 0.5) is 0 Å². The third-order valence-corrected chi connectivity index (χ3v) is 5.15. The standard InChI is InChI=1S/C17H25ClN2O/c1-11(13-4-7-15(18)8-5-13)12(2)20(3)17(21)14-6-9-16(19)10-14/h4-5,7-8,11-12,14,16H,6,9-10,19H2,1-3H3. The van der Waals surface area contributed by atoms with Crippen molar-refractivity contribution in [2.24, 2.45) is 11.7 Å². The topological polar surface area (TPSA) is 46.3 Å². The molecule has 0 bridgehead atoms. The second-order valence-corrected chi connectivity index (χ2v) is 6.74. The number of nitrogens with two attached hydrogens (primary N) is 1. The van der Waals surface area contributed by atoms with Gasteiger partial charge in [-0.25, -0.2) is 0 Å². The van der Waals surface area contributed by atoms with Crippen molar-refractivity contribution < 1.29 is 4.79 Å². The number of hydrogen-bond acceptors (Lipinski definition) is 2. The number of hydrogen-bond donors (Lipinski definition) is 1. The van der Waals surface area contributed by atoms with Gasteiger partial charge >= 0.3 is 0 Å². The Kier molecular flexibility index (Phi) is 5.28. The van der Waals surface area contributed by atoms with Crippen LogP contribution >= 0.6 is 11.6 Å². The first kappa shape index (κ1) is 16.3. The molecule has 1 amide bonds. The lowest BCUT2D eigenvalue weighted by molar-refractivity contribution is -0.136. The van der Waals surface area contributed by atoms with Crippen molar-refractivity contribution in [2.45, 2.75) is 51.1 Å². The minimum absolute atomic E-state index is 0.102. The normalized spacial score (nSPS) is 24.6. The number of halogens is 1. The predicted molar refractivity (Wildman–Crippen MR) is 87.4 cm³/mol. The molecule has 1 saturated carbocycles. The number of amides is 1. The van der Waals surface area contributed by atoms with Crippen LogP contribution in [0.3, 0.4) is 0 Å². The second-order valence-electron chi connectivity index (χ2n) is 6.30. The van der Waals surface area contributed by atoms with Gasteiger partial charge in [-0.1, -0.05) is 30.7 Å². The largest absolute Gasteiger partial charge is 0.342 e. The zero-order valence-electron chi connectivity index (χ0n) is 13.1. The first-order chi connectivity index (χ1) is 9.90. The molecule has 0 saturated heterocycles. The van der Waals surface area contributed by atoms with Crippen molar-refractivity contribution >= 4 is 17.5 Å². The fraction of sp³-hybridized carbons (Fsp3) is 0.588. The average molecular weight is 309 g/mol. The summed E-state index contributed by atoms with van der Waals surface area (Å²) < 4.78 is 0. The highest BCUT2D eigenvalue weighted by molar-refractivity contribution is 6.30. The molecule has 1 aromatic rings. The minimum Gasteiger partial charge on any atom is -0.342 e. The van der Waals surface area contributed by atoms with Crippen LogP contribution in [0.5, 0.6) is 0 Å². The van der Waals surface area contributed by atoms with Crippen molar-refractivity contribution in [1.82, 2.24) is 4.90 Å². The van der Waals surface area contributed by atoms with Crippen molar-refractivity contribution in [2.75, 3.05) is 7.05 Å². The number of carbonyl (C=O) groups is 1. The van der Waals surface area contributed by atoms with E-state index in [1.54, 1.807) is 0 Å². The van der Waals surface area contributed by atoms with Gasteiger partial charge in [0.05, 0.1) is 0 Å². The summed E-state index contributed by atoms with van der Waals surface area (Å²) in [6, 6.07) is 8.21. The fourth-order valence-corrected chi connectivity index (χ4v) is 3.24. The van der Waals surface area contributed by atoms with E-state index < -0.39 is 0 Å². The van der Waals surface area contributed by atoms with Gasteiger partial charge in [-0.05, 0) is 43.9 Å². The zero-order chi connectivity index (χ0) is 15.6. The van der Waals surface area contributed by atoms with Crippen LogP contribution in [0.1, 0.15) is 44.6 Å². The van der Waals surface area contributed by atoms with Crippen LogP contribution < -0.4 is 5.73 Å². The van der Waals surface area contributed by atoms with Crippen LogP contribution in [0.2, 0.25) is 5.02 Å². The fourth-order valence-electron chi connectivity index (χ4n) is 3.11. The van der Waals surface area contributed by atoms with E-state index in [0.29, 0.717) is 0 Å². The quantitative estimate of drug-likeness (QED) is 0.926. The Morgan fingerprint density at radius 2 is 1.90 bits per heavy atom. The number of nitrogens with zero attached hydrogens (tertiary/aromatic N) is 1. The number of likely N-dealkylation sites (N-methyl/N-ethyl adjacent to an activating group) is 1. The van der Waals surface area contributed by atoms with Crippen LogP contribution in [-0.2, 0) is 4.79 Å². The first-order valence-electron chi connectivity index (χ1n) is 7.68. The zero-order valence-corrected chi connectivity index (χ0v) is 13.8. The molecule has 0 aromatic heterocycles. The Morgan fingerprint density at radius 1 is 1.29 bits per heavy atom. The highest BCUT2D eigenvalue weighted by Crippen LogP contribution is 2.29. The van der Waals surface area contributed by atoms with Gasteiger partial charge in [0.25, 0.3) is 0 Å². The molecule has 3 nitrogen and oxygen atoms in total. The monoisotopic (exact) mass is 308 g/mol. The maximum Gasteiger partial charge on any atom is 0.225 e. The van der Waals surface area contributed by atoms with Gasteiger partial charge in [-0.3, -0.25) is 4.79 Å². The molecule has 1 aliphatic rings. The van der Waals surface area contributed by atoms with E-state index in [1.165, 1.54) is 5.56 Å². The Hall–Kier alpha value is -1.06. The Bertz CT molecular complexity index is 488. The lowest BCUT2D eigenvalue weighted by atomic mass is 9.92. The molecule has 0 radical (unpaired) electrons.